The Bertz CT molecular complexity index is 398. The number of aliphatic imine (C=N–C) groups is 1. The van der Waals surface area contributed by atoms with E-state index in [0.29, 0.717) is 5.56 Å². The smallest absolute Gasteiger partial charge is 0.130 e. The van der Waals surface area contributed by atoms with E-state index in [1.54, 1.807) is 0 Å². The molecule has 14 heavy (non-hydrogen) atoms. The Balaban J connectivity index is 2.30. The van der Waals surface area contributed by atoms with Crippen LogP contribution in [-0.2, 0) is 0 Å². The fraction of sp³-hybridized carbons (Fsp3) is 0.273. The molecule has 3 heteroatoms. The molecular formula is C11H11N3. The molecule has 1 heterocycles. The summed E-state index contributed by atoms with van der Waals surface area (Å²) in [5.41, 5.74) is 1.78. The zero-order valence-corrected chi connectivity index (χ0v) is 8.07. The fourth-order valence-corrected chi connectivity index (χ4v) is 1.54. The maximum absolute atomic E-state index is 8.66. The largest absolute Gasteiger partial charge is 0.358 e. The van der Waals surface area contributed by atoms with Gasteiger partial charge >= 0.3 is 0 Å². The van der Waals surface area contributed by atoms with Crippen molar-refractivity contribution in [1.82, 2.24) is 4.90 Å². The van der Waals surface area contributed by atoms with E-state index in [2.05, 4.69) is 16.0 Å². The lowest BCUT2D eigenvalue weighted by Crippen LogP contribution is -2.23. The van der Waals surface area contributed by atoms with Crippen LogP contribution in [0.2, 0.25) is 0 Å². The summed E-state index contributed by atoms with van der Waals surface area (Å²) < 4.78 is 0. The van der Waals surface area contributed by atoms with Crippen LogP contribution in [0.5, 0.6) is 0 Å². The van der Waals surface area contributed by atoms with Crippen LogP contribution in [-0.4, -0.2) is 30.9 Å². The molecular weight excluding hydrogens is 174 g/mol. The summed E-state index contributed by atoms with van der Waals surface area (Å²) in [5, 5.41) is 8.66. The normalized spacial score (nSPS) is 15.1. The molecule has 0 saturated heterocycles. The van der Waals surface area contributed by atoms with Crippen LogP contribution in [0.3, 0.4) is 0 Å². The van der Waals surface area contributed by atoms with Crippen molar-refractivity contribution in [3.05, 3.63) is 35.4 Å². The first-order valence-corrected chi connectivity index (χ1v) is 4.57. The van der Waals surface area contributed by atoms with Crippen molar-refractivity contribution >= 4 is 5.84 Å². The number of amidine groups is 1. The van der Waals surface area contributed by atoms with Crippen LogP contribution in [0, 0.1) is 11.3 Å². The quantitative estimate of drug-likeness (QED) is 0.660. The van der Waals surface area contributed by atoms with Gasteiger partial charge in [-0.2, -0.15) is 5.26 Å². The molecule has 1 aromatic carbocycles. The van der Waals surface area contributed by atoms with Crippen LogP contribution in [0.15, 0.2) is 29.3 Å². The van der Waals surface area contributed by atoms with E-state index >= 15 is 0 Å². The maximum Gasteiger partial charge on any atom is 0.130 e. The molecule has 1 aliphatic heterocycles. The predicted octanol–water partition coefficient (Wildman–Crippen LogP) is 1.25. The highest BCUT2D eigenvalue weighted by atomic mass is 15.2. The number of likely N-dealkylation sites (N-methyl/N-ethyl adjacent to an activating group) is 1. The number of nitriles is 1. The van der Waals surface area contributed by atoms with E-state index in [0.717, 1.165) is 24.5 Å². The Morgan fingerprint density at radius 3 is 2.57 bits per heavy atom. The minimum atomic E-state index is 0.690. The number of hydrogen-bond donors (Lipinski definition) is 0. The van der Waals surface area contributed by atoms with Gasteiger partial charge in [0.05, 0.1) is 18.2 Å². The van der Waals surface area contributed by atoms with E-state index in [4.69, 9.17) is 5.26 Å². The van der Waals surface area contributed by atoms with Crippen LogP contribution >= 0.6 is 0 Å². The standard InChI is InChI=1S/C11H11N3/c1-14-7-6-13-11(14)10-4-2-9(8-12)3-5-10/h2-5H,6-7H2,1H3. The van der Waals surface area contributed by atoms with E-state index in [1.807, 2.05) is 31.3 Å². The first-order chi connectivity index (χ1) is 6.81. The van der Waals surface area contributed by atoms with Gasteiger partial charge in [0, 0.05) is 19.2 Å². The Hall–Kier alpha value is -1.82. The minimum Gasteiger partial charge on any atom is -0.358 e. The van der Waals surface area contributed by atoms with Gasteiger partial charge < -0.3 is 4.90 Å². The van der Waals surface area contributed by atoms with Gasteiger partial charge in [0.25, 0.3) is 0 Å². The molecule has 1 aromatic rings. The molecule has 0 N–H and O–H groups in total. The van der Waals surface area contributed by atoms with Gasteiger partial charge in [-0.25, -0.2) is 0 Å². The van der Waals surface area contributed by atoms with Gasteiger partial charge in [-0.1, -0.05) is 0 Å². The van der Waals surface area contributed by atoms with E-state index in [1.165, 1.54) is 0 Å². The molecule has 1 aliphatic rings. The number of nitrogens with zero attached hydrogens (tertiary/aromatic N) is 3. The third kappa shape index (κ3) is 1.47. The summed E-state index contributed by atoms with van der Waals surface area (Å²) in [5.74, 6) is 1.02. The lowest BCUT2D eigenvalue weighted by molar-refractivity contribution is 0.557. The van der Waals surface area contributed by atoms with Gasteiger partial charge in [0.15, 0.2) is 0 Å². The first kappa shape index (κ1) is 8.76. The van der Waals surface area contributed by atoms with E-state index in [-0.39, 0.29) is 0 Å². The molecule has 0 aliphatic carbocycles. The summed E-state index contributed by atoms with van der Waals surface area (Å²) >= 11 is 0. The molecule has 0 aromatic heterocycles. The lowest BCUT2D eigenvalue weighted by atomic mass is 10.1. The molecule has 2 rings (SSSR count). The van der Waals surface area contributed by atoms with Crippen molar-refractivity contribution < 1.29 is 0 Å². The second kappa shape index (κ2) is 3.51. The first-order valence-electron chi connectivity index (χ1n) is 4.57. The summed E-state index contributed by atoms with van der Waals surface area (Å²) in [6.07, 6.45) is 0. The number of benzene rings is 1. The molecule has 0 spiro atoms. The van der Waals surface area contributed by atoms with E-state index in [9.17, 15) is 0 Å². The highest BCUT2D eigenvalue weighted by Crippen LogP contribution is 2.10. The summed E-state index contributed by atoms with van der Waals surface area (Å²) in [6.45, 7) is 1.85. The Morgan fingerprint density at radius 1 is 1.36 bits per heavy atom. The zero-order chi connectivity index (χ0) is 9.97. The van der Waals surface area contributed by atoms with Gasteiger partial charge in [-0.3, -0.25) is 4.99 Å². The van der Waals surface area contributed by atoms with Crippen LogP contribution < -0.4 is 0 Å². The van der Waals surface area contributed by atoms with Crippen molar-refractivity contribution in [2.75, 3.05) is 20.1 Å². The average molecular weight is 185 g/mol. The van der Waals surface area contributed by atoms with Gasteiger partial charge in [0.1, 0.15) is 5.84 Å². The van der Waals surface area contributed by atoms with Crippen molar-refractivity contribution in [2.24, 2.45) is 4.99 Å². The third-order valence-electron chi connectivity index (χ3n) is 2.33. The topological polar surface area (TPSA) is 39.4 Å². The van der Waals surface area contributed by atoms with Gasteiger partial charge in [-0.05, 0) is 24.3 Å². The maximum atomic E-state index is 8.66. The van der Waals surface area contributed by atoms with Crippen LogP contribution in [0.4, 0.5) is 0 Å². The second-order valence-electron chi connectivity index (χ2n) is 3.32. The van der Waals surface area contributed by atoms with Crippen molar-refractivity contribution in [3.8, 4) is 6.07 Å². The highest BCUT2D eigenvalue weighted by Gasteiger charge is 2.13. The minimum absolute atomic E-state index is 0.690. The Morgan fingerprint density at radius 2 is 2.07 bits per heavy atom. The second-order valence-corrected chi connectivity index (χ2v) is 3.32. The van der Waals surface area contributed by atoms with Crippen molar-refractivity contribution in [2.45, 2.75) is 0 Å². The molecule has 0 radical (unpaired) electrons. The monoisotopic (exact) mass is 185 g/mol. The molecule has 70 valence electrons. The molecule has 0 unspecified atom stereocenters. The lowest BCUT2D eigenvalue weighted by Gasteiger charge is -2.13. The SMILES string of the molecule is CN1CCN=C1c1ccc(C#N)cc1. The molecule has 3 nitrogen and oxygen atoms in total. The van der Waals surface area contributed by atoms with E-state index < -0.39 is 0 Å². The third-order valence-corrected chi connectivity index (χ3v) is 2.33. The highest BCUT2D eigenvalue weighted by molar-refractivity contribution is 5.99. The van der Waals surface area contributed by atoms with Crippen molar-refractivity contribution in [1.29, 1.82) is 5.26 Å². The zero-order valence-electron chi connectivity index (χ0n) is 8.07. The number of rotatable bonds is 1. The molecule has 0 saturated carbocycles. The molecule has 0 atom stereocenters. The van der Waals surface area contributed by atoms with Crippen LogP contribution in [0.1, 0.15) is 11.1 Å². The van der Waals surface area contributed by atoms with Crippen LogP contribution in [0.25, 0.3) is 0 Å². The van der Waals surface area contributed by atoms with Crippen molar-refractivity contribution in [3.63, 3.8) is 0 Å². The average Bonchev–Trinajstić information content (AvgIpc) is 2.65. The van der Waals surface area contributed by atoms with Gasteiger partial charge in [-0.15, -0.1) is 0 Å². The Labute approximate surface area is 83.3 Å². The summed E-state index contributed by atoms with van der Waals surface area (Å²) in [6, 6.07) is 9.64. The van der Waals surface area contributed by atoms with Gasteiger partial charge in [0.2, 0.25) is 0 Å². The molecule has 0 amide bonds. The fourth-order valence-electron chi connectivity index (χ4n) is 1.54. The summed E-state index contributed by atoms with van der Waals surface area (Å²) in [7, 11) is 2.03. The number of hydrogen-bond acceptors (Lipinski definition) is 3. The summed E-state index contributed by atoms with van der Waals surface area (Å²) in [4.78, 5) is 6.53. The predicted molar refractivity (Wildman–Crippen MR) is 55.2 cm³/mol. The molecule has 0 bridgehead atoms. The Kier molecular flexibility index (Phi) is 2.19. The molecule has 0 fully saturated rings.